The summed E-state index contributed by atoms with van der Waals surface area (Å²) in [6, 6.07) is 14.2. The molecule has 1 amide bonds. The van der Waals surface area contributed by atoms with Crippen LogP contribution >= 0.6 is 0 Å². The summed E-state index contributed by atoms with van der Waals surface area (Å²) in [5.41, 5.74) is 2.71. The minimum Gasteiger partial charge on any atom is -0.457 e. The number of carbonyl (C=O) groups is 1. The lowest BCUT2D eigenvalue weighted by Gasteiger charge is -2.23. The van der Waals surface area contributed by atoms with Crippen LogP contribution in [0.3, 0.4) is 0 Å². The van der Waals surface area contributed by atoms with Crippen LogP contribution in [-0.4, -0.2) is 19.0 Å². The van der Waals surface area contributed by atoms with Crippen molar-refractivity contribution in [3.05, 3.63) is 53.6 Å². The van der Waals surface area contributed by atoms with E-state index in [4.69, 9.17) is 4.74 Å². The second-order valence-corrected chi connectivity index (χ2v) is 6.66. The summed E-state index contributed by atoms with van der Waals surface area (Å²) < 4.78 is 5.91. The van der Waals surface area contributed by atoms with Crippen LogP contribution in [-0.2, 0) is 0 Å². The predicted molar refractivity (Wildman–Crippen MR) is 102 cm³/mol. The first-order valence-electron chi connectivity index (χ1n) is 9.03. The van der Waals surface area contributed by atoms with Crippen LogP contribution in [0.2, 0.25) is 0 Å². The molecule has 2 N–H and O–H groups in total. The zero-order valence-corrected chi connectivity index (χ0v) is 15.0. The molecule has 1 fully saturated rings. The molecule has 1 aliphatic rings. The Bertz CT molecular complexity index is 719. The molecule has 0 spiro atoms. The molecule has 2 aromatic rings. The van der Waals surface area contributed by atoms with Crippen molar-refractivity contribution in [2.75, 3.05) is 12.4 Å². The van der Waals surface area contributed by atoms with Gasteiger partial charge in [-0.05, 0) is 67.8 Å². The van der Waals surface area contributed by atoms with Gasteiger partial charge in [0.15, 0.2) is 0 Å². The summed E-state index contributed by atoms with van der Waals surface area (Å²) >= 11 is 0. The molecule has 1 aliphatic carbocycles. The molecule has 2 aromatic carbocycles. The van der Waals surface area contributed by atoms with Crippen LogP contribution in [0.5, 0.6) is 11.5 Å². The minimum absolute atomic E-state index is 0.0813. The van der Waals surface area contributed by atoms with E-state index in [0.717, 1.165) is 22.7 Å². The Morgan fingerprint density at radius 2 is 1.68 bits per heavy atom. The third-order valence-corrected chi connectivity index (χ3v) is 4.74. The molecule has 0 saturated heterocycles. The molecule has 0 bridgehead atoms. The van der Waals surface area contributed by atoms with Gasteiger partial charge in [-0.2, -0.15) is 0 Å². The zero-order valence-electron chi connectivity index (χ0n) is 15.0. The fraction of sp³-hybridized carbons (Fsp3) is 0.381. The zero-order chi connectivity index (χ0) is 17.6. The molecular weight excluding hydrogens is 312 g/mol. The molecule has 1 saturated carbocycles. The molecule has 0 aromatic heterocycles. The molecule has 4 nitrogen and oxygen atoms in total. The molecule has 0 atom stereocenters. The molecular formula is C21H26N2O2. The van der Waals surface area contributed by atoms with E-state index in [9.17, 15) is 4.79 Å². The summed E-state index contributed by atoms with van der Waals surface area (Å²) in [7, 11) is 1.63. The normalized spacial score (nSPS) is 14.8. The second-order valence-electron chi connectivity index (χ2n) is 6.66. The lowest BCUT2D eigenvalue weighted by molar-refractivity contribution is 0.0962. The highest BCUT2D eigenvalue weighted by Gasteiger charge is 2.13. The third-order valence-electron chi connectivity index (χ3n) is 4.74. The number of anilines is 1. The van der Waals surface area contributed by atoms with Gasteiger partial charge in [0, 0.05) is 24.3 Å². The quantitative estimate of drug-likeness (QED) is 0.816. The monoisotopic (exact) mass is 338 g/mol. The number of benzene rings is 2. The van der Waals surface area contributed by atoms with Crippen molar-refractivity contribution in [1.29, 1.82) is 0 Å². The number of ether oxygens (including phenoxy) is 1. The van der Waals surface area contributed by atoms with Gasteiger partial charge < -0.3 is 15.4 Å². The number of hydrogen-bond donors (Lipinski definition) is 2. The molecule has 132 valence electrons. The lowest BCUT2D eigenvalue weighted by atomic mass is 9.95. The Morgan fingerprint density at radius 1 is 1.00 bits per heavy atom. The van der Waals surface area contributed by atoms with Crippen LogP contribution < -0.4 is 15.4 Å². The van der Waals surface area contributed by atoms with Crippen LogP contribution in [0.15, 0.2) is 42.5 Å². The fourth-order valence-corrected chi connectivity index (χ4v) is 3.33. The fourth-order valence-electron chi connectivity index (χ4n) is 3.33. The van der Waals surface area contributed by atoms with E-state index in [1.807, 2.05) is 31.2 Å². The van der Waals surface area contributed by atoms with Crippen molar-refractivity contribution >= 4 is 11.6 Å². The number of nitrogens with one attached hydrogen (secondary N) is 2. The molecule has 0 aliphatic heterocycles. The SMILES string of the molecule is CNC(=O)c1ccc(Oc2ccc(NC3CCCCC3)cc2)cc1C. The van der Waals surface area contributed by atoms with Crippen LogP contribution in [0.25, 0.3) is 0 Å². The van der Waals surface area contributed by atoms with Crippen molar-refractivity contribution in [2.24, 2.45) is 0 Å². The number of rotatable bonds is 5. The summed E-state index contributed by atoms with van der Waals surface area (Å²) in [5, 5.41) is 6.25. The van der Waals surface area contributed by atoms with E-state index in [1.54, 1.807) is 13.1 Å². The van der Waals surface area contributed by atoms with Gasteiger partial charge in [0.05, 0.1) is 0 Å². The smallest absolute Gasteiger partial charge is 0.251 e. The van der Waals surface area contributed by atoms with Crippen LogP contribution in [0, 0.1) is 6.92 Å². The van der Waals surface area contributed by atoms with E-state index in [-0.39, 0.29) is 5.91 Å². The summed E-state index contributed by atoms with van der Waals surface area (Å²) in [4.78, 5) is 11.7. The van der Waals surface area contributed by atoms with Crippen molar-refractivity contribution in [1.82, 2.24) is 5.32 Å². The topological polar surface area (TPSA) is 50.4 Å². The summed E-state index contributed by atoms with van der Waals surface area (Å²) in [6.45, 7) is 1.91. The summed E-state index contributed by atoms with van der Waals surface area (Å²) in [5.74, 6) is 1.45. The van der Waals surface area contributed by atoms with Gasteiger partial charge in [0.1, 0.15) is 11.5 Å². The first-order chi connectivity index (χ1) is 12.2. The number of aryl methyl sites for hydroxylation is 1. The lowest BCUT2D eigenvalue weighted by Crippen LogP contribution is -2.22. The maximum Gasteiger partial charge on any atom is 0.251 e. The van der Waals surface area contributed by atoms with Gasteiger partial charge >= 0.3 is 0 Å². The van der Waals surface area contributed by atoms with E-state index >= 15 is 0 Å². The van der Waals surface area contributed by atoms with Gasteiger partial charge in [-0.15, -0.1) is 0 Å². The maximum absolute atomic E-state index is 11.7. The molecule has 3 rings (SSSR count). The molecule has 4 heteroatoms. The van der Waals surface area contributed by atoms with Crippen molar-refractivity contribution in [3.8, 4) is 11.5 Å². The summed E-state index contributed by atoms with van der Waals surface area (Å²) in [6.07, 6.45) is 6.53. The van der Waals surface area contributed by atoms with E-state index in [1.165, 1.54) is 32.1 Å². The predicted octanol–water partition coefficient (Wildman–Crippen LogP) is 4.89. The van der Waals surface area contributed by atoms with Crippen LogP contribution in [0.4, 0.5) is 5.69 Å². The second kappa shape index (κ2) is 8.06. The van der Waals surface area contributed by atoms with Gasteiger partial charge in [-0.3, -0.25) is 4.79 Å². The first kappa shape index (κ1) is 17.3. The number of carbonyl (C=O) groups excluding carboxylic acids is 1. The van der Waals surface area contributed by atoms with Crippen LogP contribution in [0.1, 0.15) is 48.0 Å². The van der Waals surface area contributed by atoms with E-state index < -0.39 is 0 Å². The Labute approximate surface area is 149 Å². The van der Waals surface area contributed by atoms with E-state index in [2.05, 4.69) is 22.8 Å². The maximum atomic E-state index is 11.7. The largest absolute Gasteiger partial charge is 0.457 e. The number of amides is 1. The average Bonchev–Trinajstić information content (AvgIpc) is 2.64. The molecule has 0 heterocycles. The molecule has 25 heavy (non-hydrogen) atoms. The standard InChI is InChI=1S/C21H26N2O2/c1-15-14-19(12-13-20(15)21(24)22-2)25-18-10-8-17(9-11-18)23-16-6-4-3-5-7-16/h8-14,16,23H,3-7H2,1-2H3,(H,22,24). The highest BCUT2D eigenvalue weighted by atomic mass is 16.5. The Hall–Kier alpha value is -2.49. The highest BCUT2D eigenvalue weighted by Crippen LogP contribution is 2.27. The Kier molecular flexibility index (Phi) is 5.59. The van der Waals surface area contributed by atoms with Gasteiger partial charge in [-0.25, -0.2) is 0 Å². The Morgan fingerprint density at radius 3 is 2.32 bits per heavy atom. The first-order valence-corrected chi connectivity index (χ1v) is 9.03. The number of hydrogen-bond acceptors (Lipinski definition) is 3. The van der Waals surface area contributed by atoms with Gasteiger partial charge in [0.2, 0.25) is 0 Å². The van der Waals surface area contributed by atoms with Crippen molar-refractivity contribution < 1.29 is 9.53 Å². The Balaban J connectivity index is 1.63. The minimum atomic E-state index is -0.0813. The van der Waals surface area contributed by atoms with Gasteiger partial charge in [0.25, 0.3) is 5.91 Å². The third kappa shape index (κ3) is 4.53. The molecule has 0 unspecified atom stereocenters. The average molecular weight is 338 g/mol. The van der Waals surface area contributed by atoms with Gasteiger partial charge in [-0.1, -0.05) is 19.3 Å². The van der Waals surface area contributed by atoms with E-state index in [0.29, 0.717) is 11.6 Å². The van der Waals surface area contributed by atoms with Crippen molar-refractivity contribution in [3.63, 3.8) is 0 Å². The van der Waals surface area contributed by atoms with Crippen molar-refractivity contribution in [2.45, 2.75) is 45.1 Å². The highest BCUT2D eigenvalue weighted by molar-refractivity contribution is 5.95. The molecule has 0 radical (unpaired) electrons.